The van der Waals surface area contributed by atoms with Crippen molar-refractivity contribution in [2.24, 2.45) is 0 Å². The van der Waals surface area contributed by atoms with Crippen LogP contribution in [0.3, 0.4) is 0 Å². The van der Waals surface area contributed by atoms with Crippen LogP contribution >= 0.6 is 0 Å². The van der Waals surface area contributed by atoms with Gasteiger partial charge >= 0.3 is 11.9 Å². The van der Waals surface area contributed by atoms with Crippen LogP contribution in [-0.2, 0) is 29.4 Å². The van der Waals surface area contributed by atoms with E-state index in [0.29, 0.717) is 13.2 Å². The van der Waals surface area contributed by atoms with Crippen LogP contribution in [0.15, 0.2) is 65.9 Å². The van der Waals surface area contributed by atoms with Gasteiger partial charge in [-0.25, -0.2) is 9.59 Å². The Kier molecular flexibility index (Phi) is 5.22. The number of carbonyl (C=O) groups is 2. The molecule has 2 aliphatic heterocycles. The van der Waals surface area contributed by atoms with Gasteiger partial charge in [-0.15, -0.1) is 5.06 Å². The Bertz CT molecular complexity index is 986. The first-order valence-corrected chi connectivity index (χ1v) is 9.84. The second-order valence-electron chi connectivity index (χ2n) is 7.29. The van der Waals surface area contributed by atoms with Gasteiger partial charge in [0, 0.05) is 12.2 Å². The maximum absolute atomic E-state index is 12.9. The molecule has 0 amide bonds. The molecule has 0 bridgehead atoms. The second-order valence-corrected chi connectivity index (χ2v) is 7.29. The fraction of sp³-hybridized carbons (Fsp3) is 0.304. The van der Waals surface area contributed by atoms with E-state index in [1.54, 1.807) is 12.0 Å². The van der Waals surface area contributed by atoms with Crippen LogP contribution in [0, 0.1) is 6.92 Å². The Labute approximate surface area is 175 Å². The predicted octanol–water partition coefficient (Wildman–Crippen LogP) is 2.91. The Balaban J connectivity index is 1.86. The van der Waals surface area contributed by atoms with Crippen molar-refractivity contribution in [1.82, 2.24) is 5.06 Å². The Morgan fingerprint density at radius 2 is 1.77 bits per heavy atom. The fourth-order valence-corrected chi connectivity index (χ4v) is 4.06. The van der Waals surface area contributed by atoms with E-state index in [1.165, 1.54) is 7.11 Å². The van der Waals surface area contributed by atoms with Crippen molar-refractivity contribution in [2.75, 3.05) is 31.8 Å². The number of hydroxylamine groups is 2. The summed E-state index contributed by atoms with van der Waals surface area (Å²) in [6.45, 7) is 4.69. The lowest BCUT2D eigenvalue weighted by Crippen LogP contribution is -2.42. The van der Waals surface area contributed by atoms with Gasteiger partial charge in [-0.2, -0.15) is 0 Å². The molecule has 1 atom stereocenters. The van der Waals surface area contributed by atoms with Crippen LogP contribution in [0.1, 0.15) is 18.1 Å². The number of methoxy groups -OCH3 is 1. The van der Waals surface area contributed by atoms with E-state index in [4.69, 9.17) is 14.3 Å². The van der Waals surface area contributed by atoms with Crippen LogP contribution in [0.25, 0.3) is 0 Å². The summed E-state index contributed by atoms with van der Waals surface area (Å²) in [6, 6.07) is 17.7. The Hall–Kier alpha value is -3.32. The van der Waals surface area contributed by atoms with Gasteiger partial charge in [0.1, 0.15) is 17.8 Å². The van der Waals surface area contributed by atoms with Crippen molar-refractivity contribution in [1.29, 1.82) is 0 Å². The molecular weight excluding hydrogens is 384 g/mol. The summed E-state index contributed by atoms with van der Waals surface area (Å²) < 4.78 is 10.2. The van der Waals surface area contributed by atoms with Crippen LogP contribution in [-0.4, -0.2) is 43.9 Å². The first-order valence-electron chi connectivity index (χ1n) is 9.84. The molecule has 1 fully saturated rings. The van der Waals surface area contributed by atoms with Gasteiger partial charge in [0.15, 0.2) is 0 Å². The number of hydrogen-bond acceptors (Lipinski definition) is 7. The van der Waals surface area contributed by atoms with Gasteiger partial charge < -0.3 is 19.2 Å². The first kappa shape index (κ1) is 20.0. The fourth-order valence-electron chi connectivity index (χ4n) is 4.06. The van der Waals surface area contributed by atoms with Crippen LogP contribution < -0.4 is 4.90 Å². The minimum Gasteiger partial charge on any atom is -0.465 e. The lowest BCUT2D eigenvalue weighted by Gasteiger charge is -2.30. The van der Waals surface area contributed by atoms with Crippen molar-refractivity contribution in [3.8, 4) is 0 Å². The lowest BCUT2D eigenvalue weighted by molar-refractivity contribution is -0.163. The van der Waals surface area contributed by atoms with E-state index in [-0.39, 0.29) is 17.9 Å². The van der Waals surface area contributed by atoms with Crippen LogP contribution in [0.4, 0.5) is 5.69 Å². The molecule has 0 saturated carbocycles. The second kappa shape index (κ2) is 7.84. The third-order valence-electron chi connectivity index (χ3n) is 5.49. The highest BCUT2D eigenvalue weighted by atomic mass is 16.7. The molecule has 2 aromatic rings. The summed E-state index contributed by atoms with van der Waals surface area (Å²) in [5.74, 6) is -1.41. The summed E-state index contributed by atoms with van der Waals surface area (Å²) in [4.78, 5) is 33.6. The molecule has 0 N–H and O–H groups in total. The Morgan fingerprint density at radius 3 is 2.40 bits per heavy atom. The third-order valence-corrected chi connectivity index (χ3v) is 5.49. The summed E-state index contributed by atoms with van der Waals surface area (Å²) in [6.07, 6.45) is 0. The minimum atomic E-state index is -0.999. The molecule has 1 saturated heterocycles. The van der Waals surface area contributed by atoms with Crippen LogP contribution in [0.2, 0.25) is 0 Å². The van der Waals surface area contributed by atoms with Crippen molar-refractivity contribution < 1.29 is 23.9 Å². The smallest absolute Gasteiger partial charge is 0.376 e. The van der Waals surface area contributed by atoms with Crippen molar-refractivity contribution in [3.63, 3.8) is 0 Å². The molecule has 0 aromatic heterocycles. The molecule has 30 heavy (non-hydrogen) atoms. The molecule has 2 aliphatic rings. The van der Waals surface area contributed by atoms with Crippen molar-refractivity contribution >= 4 is 17.6 Å². The zero-order valence-electron chi connectivity index (χ0n) is 17.3. The molecule has 0 radical (unpaired) electrons. The number of aryl methyl sites for hydroxylation is 1. The van der Waals surface area contributed by atoms with Crippen LogP contribution in [0.5, 0.6) is 0 Å². The zero-order valence-corrected chi connectivity index (χ0v) is 17.3. The van der Waals surface area contributed by atoms with E-state index < -0.39 is 17.5 Å². The molecule has 156 valence electrons. The van der Waals surface area contributed by atoms with E-state index in [9.17, 15) is 9.59 Å². The minimum absolute atomic E-state index is 0.115. The van der Waals surface area contributed by atoms with Gasteiger partial charge in [-0.3, -0.25) is 0 Å². The summed E-state index contributed by atoms with van der Waals surface area (Å²) in [5.41, 5.74) is 2.15. The number of fused-ring (bicyclic) bond motifs is 1. The number of esters is 2. The summed E-state index contributed by atoms with van der Waals surface area (Å²) in [5, 5.41) is 1.67. The molecule has 0 aliphatic carbocycles. The van der Waals surface area contributed by atoms with Gasteiger partial charge in [-0.1, -0.05) is 48.0 Å². The summed E-state index contributed by atoms with van der Waals surface area (Å²) in [7, 11) is 1.30. The van der Waals surface area contributed by atoms with Gasteiger partial charge in [0.2, 0.25) is 5.76 Å². The molecule has 0 unspecified atom stereocenters. The number of nitrogens with zero attached hydrogens (tertiary/aromatic N) is 2. The number of anilines is 1. The normalized spacial score (nSPS) is 20.7. The highest BCUT2D eigenvalue weighted by Crippen LogP contribution is 2.49. The topological polar surface area (TPSA) is 68.3 Å². The highest BCUT2D eigenvalue weighted by Gasteiger charge is 2.60. The van der Waals surface area contributed by atoms with Gasteiger partial charge in [-0.05, 0) is 31.5 Å². The van der Waals surface area contributed by atoms with Gasteiger partial charge in [0.25, 0.3) is 0 Å². The molecule has 4 rings (SSSR count). The maximum atomic E-state index is 12.9. The number of hydrogen-bond donors (Lipinski definition) is 0. The zero-order chi connectivity index (χ0) is 21.3. The third kappa shape index (κ3) is 3.11. The average molecular weight is 408 g/mol. The predicted molar refractivity (Wildman–Crippen MR) is 110 cm³/mol. The van der Waals surface area contributed by atoms with E-state index in [0.717, 1.165) is 16.8 Å². The molecule has 2 aromatic carbocycles. The molecular formula is C23H24N2O5. The standard InChI is InChI=1S/C23H24N2O5/c1-4-29-22(27)20-19(21(26)28-3)23(17-8-6-5-7-9-17)14-24(15-25(23)30-20)18-12-10-16(2)11-13-18/h5-13H,4,14-15H2,1-3H3/t23-/m0/s1. The quantitative estimate of drug-likeness (QED) is 0.705. The first-order chi connectivity index (χ1) is 14.5. The number of benzene rings is 2. The van der Waals surface area contributed by atoms with Crippen molar-refractivity contribution in [3.05, 3.63) is 77.1 Å². The van der Waals surface area contributed by atoms with E-state index in [1.807, 2.05) is 61.5 Å². The van der Waals surface area contributed by atoms with Crippen molar-refractivity contribution in [2.45, 2.75) is 19.4 Å². The molecule has 2 heterocycles. The number of rotatable bonds is 5. The SMILES string of the molecule is CCOC(=O)C1=C(C(=O)OC)[C@@]2(c3ccccc3)CN(c3ccc(C)cc3)CN2O1. The molecule has 7 nitrogen and oxygen atoms in total. The maximum Gasteiger partial charge on any atom is 0.376 e. The number of ether oxygens (including phenoxy) is 2. The highest BCUT2D eigenvalue weighted by molar-refractivity contribution is 6.02. The van der Waals surface area contributed by atoms with E-state index >= 15 is 0 Å². The number of carbonyl (C=O) groups excluding carboxylic acids is 2. The van der Waals surface area contributed by atoms with E-state index in [2.05, 4.69) is 4.90 Å². The Morgan fingerprint density at radius 1 is 1.07 bits per heavy atom. The lowest BCUT2D eigenvalue weighted by atomic mass is 9.82. The average Bonchev–Trinajstić information content (AvgIpc) is 3.28. The largest absolute Gasteiger partial charge is 0.465 e. The monoisotopic (exact) mass is 408 g/mol. The van der Waals surface area contributed by atoms with Gasteiger partial charge in [0.05, 0.1) is 13.7 Å². The molecule has 7 heteroatoms. The summed E-state index contributed by atoms with van der Waals surface area (Å²) >= 11 is 0. The molecule has 0 spiro atoms.